The molecule has 1 fully saturated rings. The number of aromatic nitrogens is 2. The Morgan fingerprint density at radius 2 is 1.73 bits per heavy atom. The van der Waals surface area contributed by atoms with Crippen LogP contribution in [0.25, 0.3) is 43.6 Å². The lowest BCUT2D eigenvalue weighted by Crippen LogP contribution is -2.62. The van der Waals surface area contributed by atoms with Crippen LogP contribution in [0.4, 0.5) is 13.2 Å². The summed E-state index contributed by atoms with van der Waals surface area (Å²) in [5, 5.41) is 6.45. The van der Waals surface area contributed by atoms with Gasteiger partial charge in [0.15, 0.2) is 5.72 Å². The van der Waals surface area contributed by atoms with E-state index in [0.717, 1.165) is 54.1 Å². The van der Waals surface area contributed by atoms with Crippen LogP contribution in [0.1, 0.15) is 35.5 Å². The van der Waals surface area contributed by atoms with Gasteiger partial charge in [-0.1, -0.05) is 36.4 Å². The van der Waals surface area contributed by atoms with E-state index in [1.165, 1.54) is 14.2 Å². The molecule has 5 aromatic rings. The van der Waals surface area contributed by atoms with Gasteiger partial charge in [-0.25, -0.2) is 0 Å². The first-order chi connectivity index (χ1) is 19.6. The second-order valence-corrected chi connectivity index (χ2v) is 11.2. The fourth-order valence-electron chi connectivity index (χ4n) is 7.74. The van der Waals surface area contributed by atoms with Crippen LogP contribution in [-0.4, -0.2) is 58.3 Å². The minimum absolute atomic E-state index is 0.0493. The van der Waals surface area contributed by atoms with Gasteiger partial charge in [0.2, 0.25) is 0 Å². The lowest BCUT2D eigenvalue weighted by molar-refractivity contribution is -0.269. The summed E-state index contributed by atoms with van der Waals surface area (Å²) < 4.78 is 58.0. The van der Waals surface area contributed by atoms with E-state index in [9.17, 15) is 22.8 Å². The molecule has 1 N–H and O–H groups in total. The molecule has 2 bridgehead atoms. The van der Waals surface area contributed by atoms with Crippen molar-refractivity contribution in [1.29, 1.82) is 0 Å². The Kier molecular flexibility index (Phi) is 4.70. The number of rotatable bonds is 2. The van der Waals surface area contributed by atoms with Crippen molar-refractivity contribution in [2.24, 2.45) is 0 Å². The van der Waals surface area contributed by atoms with Crippen molar-refractivity contribution in [1.82, 2.24) is 19.4 Å². The number of carbonyl (C=O) groups excluding carboxylic acids is 2. The van der Waals surface area contributed by atoms with Gasteiger partial charge in [0.05, 0.1) is 33.7 Å². The molecule has 5 heterocycles. The average molecular weight is 563 g/mol. The number of methoxy groups -OCH3 is 1. The standard InChI is InChI=1S/C30H25F3N4O4/c1-29-26(40-3)19(35(2)28(39)30(31,32)33)12-20(41-29)36-17-10-6-4-8-14(17)22-23-16(13-34-27(23)38)21-15-9-5-7-11-18(15)37(29)25(21)24(22)36/h4-11,19-20,26H,12-13H2,1-3H3,(H,34,38)/t19?,20-,26?,29+/m0/s1. The highest BCUT2D eigenvalue weighted by molar-refractivity contribution is 6.31. The maximum Gasteiger partial charge on any atom is 0.471 e. The number of alkyl halides is 3. The third kappa shape index (κ3) is 2.87. The van der Waals surface area contributed by atoms with Crippen LogP contribution in [0.3, 0.4) is 0 Å². The van der Waals surface area contributed by atoms with Gasteiger partial charge < -0.3 is 28.8 Å². The van der Waals surface area contributed by atoms with Crippen molar-refractivity contribution in [3.05, 3.63) is 59.7 Å². The van der Waals surface area contributed by atoms with Gasteiger partial charge in [-0.2, -0.15) is 13.2 Å². The lowest BCUT2D eigenvalue weighted by Gasteiger charge is -2.50. The Balaban J connectivity index is 1.58. The predicted octanol–water partition coefficient (Wildman–Crippen LogP) is 5.16. The first-order valence-electron chi connectivity index (χ1n) is 13.4. The van der Waals surface area contributed by atoms with Gasteiger partial charge in [-0.15, -0.1) is 0 Å². The summed E-state index contributed by atoms with van der Waals surface area (Å²) in [6.45, 7) is 2.17. The summed E-state index contributed by atoms with van der Waals surface area (Å²) in [4.78, 5) is 26.7. The molecule has 0 saturated carbocycles. The maximum atomic E-state index is 13.7. The smallest absolute Gasteiger partial charge is 0.374 e. The first kappa shape index (κ1) is 24.7. The molecule has 210 valence electrons. The molecule has 0 radical (unpaired) electrons. The van der Waals surface area contributed by atoms with E-state index < -0.39 is 36.2 Å². The largest absolute Gasteiger partial charge is 0.471 e. The minimum atomic E-state index is -5.05. The van der Waals surface area contributed by atoms with Crippen molar-refractivity contribution < 1.29 is 32.2 Å². The zero-order chi connectivity index (χ0) is 28.6. The van der Waals surface area contributed by atoms with Gasteiger partial charge in [-0.3, -0.25) is 9.59 Å². The molecule has 3 aliphatic rings. The summed E-state index contributed by atoms with van der Waals surface area (Å²) >= 11 is 0. The van der Waals surface area contributed by atoms with E-state index in [1.807, 2.05) is 64.6 Å². The molecular formula is C30H25F3N4O4. The number of amides is 2. The van der Waals surface area contributed by atoms with E-state index in [1.54, 1.807) is 0 Å². The maximum absolute atomic E-state index is 13.7. The quantitative estimate of drug-likeness (QED) is 0.323. The number of nitrogens with zero attached hydrogens (tertiary/aromatic N) is 3. The molecule has 1 saturated heterocycles. The zero-order valence-electron chi connectivity index (χ0n) is 22.4. The predicted molar refractivity (Wildman–Crippen MR) is 145 cm³/mol. The molecule has 8 rings (SSSR count). The molecule has 2 aromatic heterocycles. The molecule has 8 nitrogen and oxygen atoms in total. The highest BCUT2D eigenvalue weighted by Crippen LogP contribution is 2.54. The number of ether oxygens (including phenoxy) is 2. The van der Waals surface area contributed by atoms with Crippen LogP contribution in [-0.2, 0) is 26.5 Å². The minimum Gasteiger partial charge on any atom is -0.374 e. The SMILES string of the molecule is COC1C(N(C)C(=O)C(F)(F)F)C[C@@H]2O[C@@]1(C)n1c3ccccc3c3c4c(c5c6ccccc6n2c5c31)C(=O)NC4. The van der Waals surface area contributed by atoms with Crippen LogP contribution in [0, 0.1) is 0 Å². The normalized spacial score (nSPS) is 25.3. The summed E-state index contributed by atoms with van der Waals surface area (Å²) in [6, 6.07) is 14.5. The second kappa shape index (κ2) is 7.80. The summed E-state index contributed by atoms with van der Waals surface area (Å²) in [6.07, 6.45) is -6.71. The Labute approximate surface area is 231 Å². The Morgan fingerprint density at radius 3 is 2.41 bits per heavy atom. The number of carbonyl (C=O) groups is 2. The number of benzene rings is 3. The van der Waals surface area contributed by atoms with Crippen LogP contribution in [0.5, 0.6) is 0 Å². The fraction of sp³-hybridized carbons (Fsp3) is 0.333. The monoisotopic (exact) mass is 562 g/mol. The number of nitrogens with one attached hydrogen (secondary N) is 1. The lowest BCUT2D eigenvalue weighted by atomic mass is 9.91. The Bertz CT molecular complexity index is 1990. The highest BCUT2D eigenvalue weighted by Gasteiger charge is 2.56. The van der Waals surface area contributed by atoms with Crippen LogP contribution in [0.2, 0.25) is 0 Å². The number of para-hydroxylation sites is 2. The van der Waals surface area contributed by atoms with E-state index >= 15 is 0 Å². The molecule has 4 atom stereocenters. The molecule has 2 amide bonds. The number of hydrogen-bond donors (Lipinski definition) is 1. The van der Waals surface area contributed by atoms with E-state index in [2.05, 4.69) is 5.32 Å². The summed E-state index contributed by atoms with van der Waals surface area (Å²) in [5.74, 6) is -2.10. The Morgan fingerprint density at radius 1 is 1.07 bits per heavy atom. The van der Waals surface area contributed by atoms with E-state index in [0.29, 0.717) is 12.1 Å². The molecule has 3 aliphatic heterocycles. The number of hydrogen-bond acceptors (Lipinski definition) is 4. The van der Waals surface area contributed by atoms with Crippen molar-refractivity contribution in [2.75, 3.05) is 14.2 Å². The third-order valence-electron chi connectivity index (χ3n) is 9.26. The molecule has 3 aromatic carbocycles. The topological polar surface area (TPSA) is 77.7 Å². The molecule has 11 heteroatoms. The van der Waals surface area contributed by atoms with Crippen molar-refractivity contribution >= 4 is 55.4 Å². The van der Waals surface area contributed by atoms with Gasteiger partial charge in [0.1, 0.15) is 12.3 Å². The van der Waals surface area contributed by atoms with Crippen molar-refractivity contribution in [2.45, 2.75) is 50.2 Å². The number of fused-ring (bicyclic) bond motifs is 13. The summed E-state index contributed by atoms with van der Waals surface area (Å²) in [5.41, 5.74) is 3.36. The van der Waals surface area contributed by atoms with Crippen LogP contribution < -0.4 is 5.32 Å². The fourth-order valence-corrected chi connectivity index (χ4v) is 7.74. The highest BCUT2D eigenvalue weighted by atomic mass is 19.4. The third-order valence-corrected chi connectivity index (χ3v) is 9.26. The first-order valence-corrected chi connectivity index (χ1v) is 13.4. The van der Waals surface area contributed by atoms with Gasteiger partial charge in [-0.05, 0) is 24.6 Å². The second-order valence-electron chi connectivity index (χ2n) is 11.2. The van der Waals surface area contributed by atoms with Crippen molar-refractivity contribution in [3.8, 4) is 0 Å². The van der Waals surface area contributed by atoms with Gasteiger partial charge >= 0.3 is 12.1 Å². The zero-order valence-corrected chi connectivity index (χ0v) is 22.4. The average Bonchev–Trinajstić information content (AvgIpc) is 3.59. The Hall–Kier alpha value is -4.09. The van der Waals surface area contributed by atoms with E-state index in [4.69, 9.17) is 9.47 Å². The molecule has 2 unspecified atom stereocenters. The molecular weight excluding hydrogens is 537 g/mol. The van der Waals surface area contributed by atoms with Crippen LogP contribution in [0.15, 0.2) is 48.5 Å². The molecule has 0 aliphatic carbocycles. The number of likely N-dealkylation sites (N-methyl/N-ethyl adjacent to an activating group) is 1. The van der Waals surface area contributed by atoms with E-state index in [-0.39, 0.29) is 12.3 Å². The molecule has 41 heavy (non-hydrogen) atoms. The van der Waals surface area contributed by atoms with Gasteiger partial charge in [0.25, 0.3) is 5.91 Å². The number of halogens is 3. The van der Waals surface area contributed by atoms with Gasteiger partial charge in [0, 0.05) is 48.7 Å². The van der Waals surface area contributed by atoms with Crippen LogP contribution >= 0.6 is 0 Å². The molecule has 0 spiro atoms. The summed E-state index contributed by atoms with van der Waals surface area (Å²) in [7, 11) is 2.61. The van der Waals surface area contributed by atoms with Crippen molar-refractivity contribution in [3.63, 3.8) is 0 Å².